The maximum Gasteiger partial charge on any atom is 0.244 e. The molecule has 2 N–H and O–H groups in total. The van der Waals surface area contributed by atoms with Crippen LogP contribution in [-0.4, -0.2) is 32.2 Å². The summed E-state index contributed by atoms with van der Waals surface area (Å²) in [6, 6.07) is 15.6. The maximum atomic E-state index is 11.9. The van der Waals surface area contributed by atoms with Crippen LogP contribution >= 0.6 is 0 Å². The molecule has 0 aromatic heterocycles. The number of carbonyl (C=O) groups excluding carboxylic acids is 1. The molecule has 0 spiro atoms. The SMILES string of the molecule is COc1cc(/C=C/C(=O)NCCCNc2ccccc2)ccc1OC(C)C. The van der Waals surface area contributed by atoms with E-state index in [1.54, 1.807) is 13.2 Å². The molecule has 0 fully saturated rings. The molecule has 0 heterocycles. The minimum atomic E-state index is -0.115. The van der Waals surface area contributed by atoms with E-state index in [1.165, 1.54) is 6.08 Å². The third-order valence-electron chi connectivity index (χ3n) is 3.73. The first-order chi connectivity index (χ1) is 13.1. The van der Waals surface area contributed by atoms with Crippen LogP contribution in [0, 0.1) is 0 Å². The van der Waals surface area contributed by atoms with Gasteiger partial charge in [-0.05, 0) is 56.2 Å². The van der Waals surface area contributed by atoms with Crippen molar-refractivity contribution in [3.05, 3.63) is 60.2 Å². The fourth-order valence-electron chi connectivity index (χ4n) is 2.46. The third kappa shape index (κ3) is 7.44. The summed E-state index contributed by atoms with van der Waals surface area (Å²) in [6.07, 6.45) is 4.22. The summed E-state index contributed by atoms with van der Waals surface area (Å²) < 4.78 is 11.0. The standard InChI is InChI=1S/C22H28N2O3/c1-17(2)27-20-12-10-18(16-21(20)26-3)11-13-22(25)24-15-7-14-23-19-8-5-4-6-9-19/h4-6,8-13,16-17,23H,7,14-15H2,1-3H3,(H,24,25)/b13-11+. The van der Waals surface area contributed by atoms with Gasteiger partial charge in [0.2, 0.25) is 5.91 Å². The van der Waals surface area contributed by atoms with Gasteiger partial charge >= 0.3 is 0 Å². The van der Waals surface area contributed by atoms with Crippen molar-refractivity contribution in [1.29, 1.82) is 0 Å². The number of para-hydroxylation sites is 1. The Labute approximate surface area is 161 Å². The van der Waals surface area contributed by atoms with Gasteiger partial charge in [-0.2, -0.15) is 0 Å². The normalized spacial score (nSPS) is 10.8. The molecule has 0 saturated heterocycles. The number of anilines is 1. The van der Waals surface area contributed by atoms with Crippen LogP contribution in [0.1, 0.15) is 25.8 Å². The number of amides is 1. The summed E-state index contributed by atoms with van der Waals surface area (Å²) >= 11 is 0. The van der Waals surface area contributed by atoms with Crippen molar-refractivity contribution in [1.82, 2.24) is 5.32 Å². The summed E-state index contributed by atoms with van der Waals surface area (Å²) in [5.74, 6) is 1.23. The molecular formula is C22H28N2O3. The molecule has 0 unspecified atom stereocenters. The van der Waals surface area contributed by atoms with Crippen molar-refractivity contribution in [3.63, 3.8) is 0 Å². The minimum absolute atomic E-state index is 0.0717. The summed E-state index contributed by atoms with van der Waals surface area (Å²) in [6.45, 7) is 5.36. The first-order valence-corrected chi connectivity index (χ1v) is 9.18. The van der Waals surface area contributed by atoms with Crippen molar-refractivity contribution in [3.8, 4) is 11.5 Å². The molecule has 2 rings (SSSR count). The van der Waals surface area contributed by atoms with E-state index < -0.39 is 0 Å². The quantitative estimate of drug-likeness (QED) is 0.489. The second-order valence-corrected chi connectivity index (χ2v) is 6.35. The lowest BCUT2D eigenvalue weighted by atomic mass is 10.2. The lowest BCUT2D eigenvalue weighted by molar-refractivity contribution is -0.116. The Bertz CT molecular complexity index is 742. The van der Waals surface area contributed by atoms with Crippen LogP contribution < -0.4 is 20.1 Å². The zero-order valence-electron chi connectivity index (χ0n) is 16.2. The molecule has 2 aromatic rings. The first kappa shape index (κ1) is 20.4. The van der Waals surface area contributed by atoms with E-state index in [4.69, 9.17) is 9.47 Å². The number of methoxy groups -OCH3 is 1. The molecule has 5 heteroatoms. The number of rotatable bonds is 10. The lowest BCUT2D eigenvalue weighted by Crippen LogP contribution is -2.23. The van der Waals surface area contributed by atoms with E-state index in [1.807, 2.05) is 62.4 Å². The second-order valence-electron chi connectivity index (χ2n) is 6.35. The summed E-state index contributed by atoms with van der Waals surface area (Å²) in [7, 11) is 1.60. The fraction of sp³-hybridized carbons (Fsp3) is 0.318. The highest BCUT2D eigenvalue weighted by atomic mass is 16.5. The molecule has 0 aliphatic rings. The summed E-state index contributed by atoms with van der Waals surface area (Å²) in [5.41, 5.74) is 1.96. The Morgan fingerprint density at radius 3 is 2.56 bits per heavy atom. The number of ether oxygens (including phenoxy) is 2. The molecule has 0 bridgehead atoms. The molecule has 0 radical (unpaired) electrons. The Kier molecular flexibility index (Phi) is 8.23. The Morgan fingerprint density at radius 1 is 1.07 bits per heavy atom. The molecule has 5 nitrogen and oxygen atoms in total. The van der Waals surface area contributed by atoms with E-state index in [0.29, 0.717) is 18.0 Å². The Balaban J connectivity index is 1.75. The van der Waals surface area contributed by atoms with E-state index in [2.05, 4.69) is 10.6 Å². The number of benzene rings is 2. The predicted octanol–water partition coefficient (Wildman–Crippen LogP) is 4.11. The molecule has 0 saturated carbocycles. The van der Waals surface area contributed by atoms with Gasteiger partial charge in [-0.1, -0.05) is 24.3 Å². The number of hydrogen-bond acceptors (Lipinski definition) is 4. The van der Waals surface area contributed by atoms with Crippen molar-refractivity contribution in [2.24, 2.45) is 0 Å². The van der Waals surface area contributed by atoms with Gasteiger partial charge in [-0.15, -0.1) is 0 Å². The van der Waals surface area contributed by atoms with Crippen LogP contribution in [0.4, 0.5) is 5.69 Å². The molecule has 0 aliphatic heterocycles. The van der Waals surface area contributed by atoms with Gasteiger partial charge in [0.05, 0.1) is 13.2 Å². The summed E-state index contributed by atoms with van der Waals surface area (Å²) in [5, 5.41) is 6.20. The van der Waals surface area contributed by atoms with Gasteiger partial charge < -0.3 is 20.1 Å². The molecule has 1 amide bonds. The zero-order valence-corrected chi connectivity index (χ0v) is 16.2. The lowest BCUT2D eigenvalue weighted by Gasteiger charge is -2.13. The monoisotopic (exact) mass is 368 g/mol. The first-order valence-electron chi connectivity index (χ1n) is 9.18. The van der Waals surface area contributed by atoms with Gasteiger partial charge in [-0.25, -0.2) is 0 Å². The van der Waals surface area contributed by atoms with Gasteiger partial charge in [0, 0.05) is 24.9 Å². The molecule has 27 heavy (non-hydrogen) atoms. The van der Waals surface area contributed by atoms with Crippen LogP contribution in [0.15, 0.2) is 54.6 Å². The molecule has 144 valence electrons. The van der Waals surface area contributed by atoms with Crippen molar-refractivity contribution < 1.29 is 14.3 Å². The molecule has 2 aromatic carbocycles. The van der Waals surface area contributed by atoms with E-state index in [9.17, 15) is 4.79 Å². The molecular weight excluding hydrogens is 340 g/mol. The van der Waals surface area contributed by atoms with Crippen molar-refractivity contribution in [2.75, 3.05) is 25.5 Å². The topological polar surface area (TPSA) is 59.6 Å². The van der Waals surface area contributed by atoms with Gasteiger partial charge in [0.15, 0.2) is 11.5 Å². The largest absolute Gasteiger partial charge is 0.493 e. The number of nitrogens with one attached hydrogen (secondary N) is 2. The maximum absolute atomic E-state index is 11.9. The van der Waals surface area contributed by atoms with Crippen LogP contribution in [0.25, 0.3) is 6.08 Å². The van der Waals surface area contributed by atoms with Crippen LogP contribution in [0.5, 0.6) is 11.5 Å². The smallest absolute Gasteiger partial charge is 0.244 e. The van der Waals surface area contributed by atoms with Crippen LogP contribution in [0.3, 0.4) is 0 Å². The van der Waals surface area contributed by atoms with Crippen LogP contribution in [0.2, 0.25) is 0 Å². The highest BCUT2D eigenvalue weighted by Gasteiger charge is 2.06. The molecule has 0 atom stereocenters. The highest BCUT2D eigenvalue weighted by Crippen LogP contribution is 2.29. The second kappa shape index (κ2) is 10.9. The van der Waals surface area contributed by atoms with E-state index in [-0.39, 0.29) is 12.0 Å². The zero-order chi connectivity index (χ0) is 19.5. The summed E-state index contributed by atoms with van der Waals surface area (Å²) in [4.78, 5) is 11.9. The minimum Gasteiger partial charge on any atom is -0.493 e. The van der Waals surface area contributed by atoms with Crippen molar-refractivity contribution in [2.45, 2.75) is 26.4 Å². The highest BCUT2D eigenvalue weighted by molar-refractivity contribution is 5.91. The van der Waals surface area contributed by atoms with E-state index in [0.717, 1.165) is 24.2 Å². The number of hydrogen-bond donors (Lipinski definition) is 2. The van der Waals surface area contributed by atoms with Crippen LogP contribution in [-0.2, 0) is 4.79 Å². The Hall–Kier alpha value is -2.95. The number of carbonyl (C=O) groups is 1. The van der Waals surface area contributed by atoms with Gasteiger partial charge in [0.25, 0.3) is 0 Å². The fourth-order valence-corrected chi connectivity index (χ4v) is 2.46. The average Bonchev–Trinajstić information content (AvgIpc) is 2.67. The van der Waals surface area contributed by atoms with Crippen molar-refractivity contribution >= 4 is 17.7 Å². The Morgan fingerprint density at radius 2 is 1.85 bits per heavy atom. The van der Waals surface area contributed by atoms with Gasteiger partial charge in [0.1, 0.15) is 0 Å². The van der Waals surface area contributed by atoms with E-state index >= 15 is 0 Å². The van der Waals surface area contributed by atoms with Gasteiger partial charge in [-0.3, -0.25) is 4.79 Å². The molecule has 0 aliphatic carbocycles. The predicted molar refractivity (Wildman–Crippen MR) is 110 cm³/mol. The average molecular weight is 368 g/mol. The third-order valence-corrected chi connectivity index (χ3v) is 3.73.